The summed E-state index contributed by atoms with van der Waals surface area (Å²) in [7, 11) is -3.47. The van der Waals surface area contributed by atoms with Gasteiger partial charge >= 0.3 is 0 Å². The fraction of sp³-hybridized carbons (Fsp3) is 0.400. The lowest BCUT2D eigenvalue weighted by molar-refractivity contribution is -0.121. The topological polar surface area (TPSA) is 117 Å². The summed E-state index contributed by atoms with van der Waals surface area (Å²) in [4.78, 5) is 16.3. The van der Waals surface area contributed by atoms with Crippen molar-refractivity contribution in [1.82, 2.24) is 25.2 Å². The van der Waals surface area contributed by atoms with Crippen LogP contribution in [0.5, 0.6) is 0 Å². The van der Waals surface area contributed by atoms with Crippen molar-refractivity contribution in [3.8, 4) is 0 Å². The number of nitrogens with one attached hydrogen (secondary N) is 3. The van der Waals surface area contributed by atoms with E-state index in [1.807, 2.05) is 6.92 Å². The highest BCUT2D eigenvalue weighted by Gasteiger charge is 2.19. The Morgan fingerprint density at radius 2 is 2.04 bits per heavy atom. The van der Waals surface area contributed by atoms with Crippen molar-refractivity contribution in [2.75, 3.05) is 18.6 Å². The highest BCUT2D eigenvalue weighted by atomic mass is 35.5. The van der Waals surface area contributed by atoms with Crippen LogP contribution in [0.4, 0.5) is 0 Å². The minimum Gasteiger partial charge on any atom is -0.355 e. The van der Waals surface area contributed by atoms with Gasteiger partial charge in [0.1, 0.15) is 5.82 Å². The molecular weight excluding hydrogens is 398 g/mol. The molecule has 0 saturated heterocycles. The maximum absolute atomic E-state index is 12.2. The fourth-order valence-electron chi connectivity index (χ4n) is 2.16. The third-order valence-electron chi connectivity index (χ3n) is 3.25. The maximum Gasteiger partial charge on any atom is 0.221 e. The van der Waals surface area contributed by atoms with Crippen LogP contribution in [-0.2, 0) is 14.8 Å². The summed E-state index contributed by atoms with van der Waals surface area (Å²) in [5.74, 6) is 1.08. The van der Waals surface area contributed by atoms with Crippen LogP contribution < -0.4 is 10.0 Å². The number of hydrogen-bond acceptors (Lipinski definition) is 6. The average molecular weight is 418 g/mol. The second kappa shape index (κ2) is 9.36. The Labute approximate surface area is 161 Å². The van der Waals surface area contributed by atoms with Gasteiger partial charge in [0.15, 0.2) is 0 Å². The van der Waals surface area contributed by atoms with Crippen molar-refractivity contribution in [3.63, 3.8) is 0 Å². The fourth-order valence-corrected chi connectivity index (χ4v) is 3.72. The molecule has 11 heteroatoms. The number of rotatable bonds is 9. The third-order valence-corrected chi connectivity index (χ3v) is 5.06. The molecule has 1 aromatic heterocycles. The molecule has 8 nitrogen and oxygen atoms in total. The zero-order valence-corrected chi connectivity index (χ0v) is 16.7. The number of aromatic nitrogens is 3. The molecule has 0 fully saturated rings. The van der Waals surface area contributed by atoms with Crippen molar-refractivity contribution in [2.24, 2.45) is 0 Å². The average Bonchev–Trinajstić information content (AvgIpc) is 2.96. The molecule has 0 aliphatic rings. The van der Waals surface area contributed by atoms with E-state index in [2.05, 4.69) is 25.2 Å². The predicted octanol–water partition coefficient (Wildman–Crippen LogP) is 1.66. The summed E-state index contributed by atoms with van der Waals surface area (Å²) >= 11 is 7.27. The first-order valence-electron chi connectivity index (χ1n) is 7.74. The van der Waals surface area contributed by atoms with E-state index in [0.717, 1.165) is 12.1 Å². The lowest BCUT2D eigenvalue weighted by Crippen LogP contribution is -2.34. The molecule has 0 saturated carbocycles. The Hall–Kier alpha value is -1.62. The van der Waals surface area contributed by atoms with E-state index in [4.69, 9.17) is 11.6 Å². The summed E-state index contributed by atoms with van der Waals surface area (Å²) < 4.78 is 25.7. The number of nitrogens with zero attached hydrogens (tertiary/aromatic N) is 2. The molecule has 1 aromatic carbocycles. The van der Waals surface area contributed by atoms with Crippen LogP contribution in [0.25, 0.3) is 0 Å². The van der Waals surface area contributed by atoms with E-state index in [9.17, 15) is 13.2 Å². The maximum atomic E-state index is 12.2. The first kappa shape index (κ1) is 20.7. The van der Waals surface area contributed by atoms with Gasteiger partial charge < -0.3 is 5.32 Å². The summed E-state index contributed by atoms with van der Waals surface area (Å²) in [6.45, 7) is 2.23. The van der Waals surface area contributed by atoms with Crippen LogP contribution in [0.2, 0.25) is 5.02 Å². The second-order valence-electron chi connectivity index (χ2n) is 5.60. The van der Waals surface area contributed by atoms with E-state index < -0.39 is 16.1 Å². The Bertz CT molecular complexity index is 839. The lowest BCUT2D eigenvalue weighted by Gasteiger charge is -2.18. The van der Waals surface area contributed by atoms with Crippen molar-refractivity contribution in [3.05, 3.63) is 40.7 Å². The van der Waals surface area contributed by atoms with Crippen LogP contribution in [0.1, 0.15) is 23.9 Å². The number of aromatic amines is 1. The van der Waals surface area contributed by atoms with E-state index in [0.29, 0.717) is 28.0 Å². The van der Waals surface area contributed by atoms with Crippen molar-refractivity contribution >= 4 is 39.3 Å². The molecule has 1 amide bonds. The number of hydrogen-bond donors (Lipinski definition) is 3. The molecule has 1 unspecified atom stereocenters. The molecule has 0 bridgehead atoms. The molecule has 2 aromatic rings. The summed E-state index contributed by atoms with van der Waals surface area (Å²) in [6.07, 6.45) is 1.04. The van der Waals surface area contributed by atoms with Gasteiger partial charge in [0, 0.05) is 23.7 Å². The minimum absolute atomic E-state index is 0.0148. The molecule has 0 radical (unpaired) electrons. The first-order valence-corrected chi connectivity index (χ1v) is 11.0. The first-order chi connectivity index (χ1) is 12.2. The van der Waals surface area contributed by atoms with Crippen molar-refractivity contribution < 1.29 is 13.2 Å². The summed E-state index contributed by atoms with van der Waals surface area (Å²) in [5, 5.41) is 10.7. The SMILES string of the molecule is Cc1nc(SCCNC(=O)CC(NS(C)(=O)=O)c2ccc(Cl)cc2)n[nH]1. The Balaban J connectivity index is 1.87. The smallest absolute Gasteiger partial charge is 0.221 e. The third kappa shape index (κ3) is 7.32. The van der Waals surface area contributed by atoms with Gasteiger partial charge in [-0.15, -0.1) is 5.10 Å². The molecule has 142 valence electrons. The van der Waals surface area contributed by atoms with E-state index in [1.54, 1.807) is 24.3 Å². The van der Waals surface area contributed by atoms with Crippen LogP contribution >= 0.6 is 23.4 Å². The Morgan fingerprint density at radius 1 is 1.35 bits per heavy atom. The number of thioether (sulfide) groups is 1. The lowest BCUT2D eigenvalue weighted by atomic mass is 10.0. The van der Waals surface area contributed by atoms with Gasteiger partial charge in [0.05, 0.1) is 12.3 Å². The van der Waals surface area contributed by atoms with Gasteiger partial charge in [0.2, 0.25) is 21.1 Å². The van der Waals surface area contributed by atoms with Crippen LogP contribution in [0.3, 0.4) is 0 Å². The molecule has 1 heterocycles. The normalized spacial score (nSPS) is 12.7. The molecule has 0 aliphatic heterocycles. The van der Waals surface area contributed by atoms with Gasteiger partial charge in [-0.3, -0.25) is 9.89 Å². The summed E-state index contributed by atoms with van der Waals surface area (Å²) in [6, 6.07) is 6.04. The second-order valence-corrected chi connectivity index (χ2v) is 8.88. The van der Waals surface area contributed by atoms with E-state index in [-0.39, 0.29) is 12.3 Å². The summed E-state index contributed by atoms with van der Waals surface area (Å²) in [5.41, 5.74) is 0.667. The largest absolute Gasteiger partial charge is 0.355 e. The minimum atomic E-state index is -3.47. The number of amides is 1. The van der Waals surface area contributed by atoms with Gasteiger partial charge in [-0.05, 0) is 24.6 Å². The number of H-pyrrole nitrogens is 1. The van der Waals surface area contributed by atoms with Crippen LogP contribution in [0, 0.1) is 6.92 Å². The van der Waals surface area contributed by atoms with Crippen LogP contribution in [0.15, 0.2) is 29.4 Å². The molecule has 0 spiro atoms. The number of carbonyl (C=O) groups is 1. The van der Waals surface area contributed by atoms with Gasteiger partial charge in [-0.25, -0.2) is 18.1 Å². The van der Waals surface area contributed by atoms with Gasteiger partial charge in [-0.1, -0.05) is 35.5 Å². The molecule has 1 atom stereocenters. The number of carbonyl (C=O) groups excluding carboxylic acids is 1. The number of benzene rings is 1. The van der Waals surface area contributed by atoms with E-state index >= 15 is 0 Å². The standard InChI is InChI=1S/C15H20ClN5O3S2/c1-10-18-15(20-19-10)25-8-7-17-14(22)9-13(21-26(2,23)24)11-3-5-12(16)6-4-11/h3-6,13,21H,7-9H2,1-2H3,(H,17,22)(H,18,19,20). The Kier molecular flexibility index (Phi) is 7.44. The van der Waals surface area contributed by atoms with Gasteiger partial charge in [0.25, 0.3) is 0 Å². The molecule has 2 rings (SSSR count). The predicted molar refractivity (Wildman–Crippen MR) is 102 cm³/mol. The van der Waals surface area contributed by atoms with Crippen molar-refractivity contribution in [2.45, 2.75) is 24.5 Å². The highest BCUT2D eigenvalue weighted by Crippen LogP contribution is 2.20. The highest BCUT2D eigenvalue weighted by molar-refractivity contribution is 7.99. The number of halogens is 1. The number of sulfonamides is 1. The molecule has 0 aliphatic carbocycles. The Morgan fingerprint density at radius 3 is 2.62 bits per heavy atom. The van der Waals surface area contributed by atoms with Gasteiger partial charge in [-0.2, -0.15) is 0 Å². The monoisotopic (exact) mass is 417 g/mol. The van der Waals surface area contributed by atoms with Crippen molar-refractivity contribution in [1.29, 1.82) is 0 Å². The molecule has 3 N–H and O–H groups in total. The number of aryl methyl sites for hydroxylation is 1. The van der Waals surface area contributed by atoms with Crippen LogP contribution in [-0.4, -0.2) is 48.1 Å². The zero-order valence-electron chi connectivity index (χ0n) is 14.3. The molecular formula is C15H20ClN5O3S2. The van der Waals surface area contributed by atoms with E-state index in [1.165, 1.54) is 11.8 Å². The quantitative estimate of drug-likeness (QED) is 0.422. The molecule has 26 heavy (non-hydrogen) atoms. The zero-order chi connectivity index (χ0) is 19.2.